The highest BCUT2D eigenvalue weighted by Crippen LogP contribution is 2.65. The SMILES string of the molecule is C=C/C=C(\C=C)N(c1ccccc1)c1ccc2c(c1)C1(c3cc(CC(C)(C)C)ccc3-c3ccc(C(C)(C)C)cc31)c1cc(N(C3=CC=CC=CC3)C3=CC=CC4CC34)ccc1-2. The smallest absolute Gasteiger partial charge is 0.0727 e. The molecule has 5 aliphatic rings. The van der Waals surface area contributed by atoms with Gasteiger partial charge in [0.1, 0.15) is 0 Å². The van der Waals surface area contributed by atoms with E-state index in [4.69, 9.17) is 0 Å². The summed E-state index contributed by atoms with van der Waals surface area (Å²) < 4.78 is 0. The molecule has 2 nitrogen and oxygen atoms in total. The van der Waals surface area contributed by atoms with Gasteiger partial charge in [0.15, 0.2) is 0 Å². The fourth-order valence-electron chi connectivity index (χ4n) is 10.7. The number of nitrogens with zero attached hydrogens (tertiary/aromatic N) is 2. The van der Waals surface area contributed by atoms with E-state index < -0.39 is 5.41 Å². The number of rotatable bonds is 9. The molecule has 10 rings (SSSR count). The van der Waals surface area contributed by atoms with Crippen molar-refractivity contribution in [3.05, 3.63) is 234 Å². The minimum Gasteiger partial charge on any atom is -0.317 e. The van der Waals surface area contributed by atoms with Crippen molar-refractivity contribution in [1.82, 2.24) is 0 Å². The monoisotopic (exact) mass is 806 g/mol. The molecule has 1 spiro atoms. The summed E-state index contributed by atoms with van der Waals surface area (Å²) in [5, 5.41) is 0. The largest absolute Gasteiger partial charge is 0.317 e. The van der Waals surface area contributed by atoms with Crippen LogP contribution >= 0.6 is 0 Å². The topological polar surface area (TPSA) is 6.48 Å². The van der Waals surface area contributed by atoms with Crippen molar-refractivity contribution in [2.24, 2.45) is 17.3 Å². The summed E-state index contributed by atoms with van der Waals surface area (Å²) >= 11 is 0. The second-order valence-corrected chi connectivity index (χ2v) is 20.0. The maximum absolute atomic E-state index is 4.29. The van der Waals surface area contributed by atoms with Crippen LogP contribution in [0.1, 0.15) is 87.8 Å². The summed E-state index contributed by atoms with van der Waals surface area (Å²) in [5.74, 6) is 1.15. The zero-order valence-corrected chi connectivity index (χ0v) is 37.3. The zero-order chi connectivity index (χ0) is 43.0. The molecule has 1 fully saturated rings. The minimum atomic E-state index is -0.582. The molecule has 2 heteroatoms. The van der Waals surface area contributed by atoms with Crippen molar-refractivity contribution in [3.8, 4) is 22.3 Å². The van der Waals surface area contributed by atoms with Gasteiger partial charge in [-0.05, 0) is 146 Å². The van der Waals surface area contributed by atoms with Crippen molar-refractivity contribution in [1.29, 1.82) is 0 Å². The fraction of sp³-hybridized carbons (Fsp3) is 0.233. The van der Waals surface area contributed by atoms with E-state index in [-0.39, 0.29) is 10.8 Å². The van der Waals surface area contributed by atoms with Crippen LogP contribution in [-0.2, 0) is 17.3 Å². The Balaban J connectivity index is 1.30. The first-order chi connectivity index (χ1) is 29.9. The van der Waals surface area contributed by atoms with Gasteiger partial charge in [-0.3, -0.25) is 0 Å². The molecule has 0 aromatic heterocycles. The second-order valence-electron chi connectivity index (χ2n) is 20.0. The normalized spacial score (nSPS) is 20.3. The molecule has 0 amide bonds. The van der Waals surface area contributed by atoms with E-state index in [1.54, 1.807) is 0 Å². The van der Waals surface area contributed by atoms with Gasteiger partial charge in [-0.1, -0.05) is 164 Å². The third kappa shape index (κ3) is 6.54. The lowest BCUT2D eigenvalue weighted by Crippen LogP contribution is -2.29. The van der Waals surface area contributed by atoms with E-state index in [1.165, 1.54) is 79.1 Å². The third-order valence-electron chi connectivity index (χ3n) is 13.6. The molecule has 0 heterocycles. The molecule has 62 heavy (non-hydrogen) atoms. The number of fused-ring (bicyclic) bond motifs is 11. The van der Waals surface area contributed by atoms with Crippen molar-refractivity contribution < 1.29 is 0 Å². The first kappa shape index (κ1) is 39.7. The van der Waals surface area contributed by atoms with Gasteiger partial charge in [-0.2, -0.15) is 0 Å². The predicted molar refractivity (Wildman–Crippen MR) is 264 cm³/mol. The lowest BCUT2D eigenvalue weighted by molar-refractivity contribution is 0.411. The Bertz CT molecular complexity index is 2840. The van der Waals surface area contributed by atoms with Crippen molar-refractivity contribution in [2.45, 2.75) is 71.6 Å². The first-order valence-corrected chi connectivity index (χ1v) is 22.5. The molecule has 0 aliphatic heterocycles. The standard InChI is InChI=1S/C60H58N2/c1-9-19-43(10-2)61(44-21-16-13-17-22-44)46-28-32-50-51-33-29-47(62(45-23-14-11-12-15-24-45)57-25-18-20-41-35-52(41)57)38-56(51)60(55(50)37-46)53-34-40(39-58(3,4)5)26-30-48(53)49-31-27-42(36-54(49)60)59(6,7)8/h9-23,25-34,36-38,41,52H,1-2,24,35,39H2,3-8H3/b43-19+. The molecule has 3 unspecified atom stereocenters. The van der Waals surface area contributed by atoms with Crippen LogP contribution in [0.15, 0.2) is 200 Å². The Morgan fingerprint density at radius 2 is 1.34 bits per heavy atom. The molecular formula is C60H58N2. The van der Waals surface area contributed by atoms with Crippen LogP contribution in [0.4, 0.5) is 17.1 Å². The van der Waals surface area contributed by atoms with Crippen LogP contribution in [0.5, 0.6) is 0 Å². The van der Waals surface area contributed by atoms with Gasteiger partial charge in [-0.15, -0.1) is 0 Å². The molecule has 5 aromatic carbocycles. The molecule has 308 valence electrons. The summed E-state index contributed by atoms with van der Waals surface area (Å²) in [5.41, 5.74) is 19.9. The van der Waals surface area contributed by atoms with E-state index in [0.717, 1.165) is 29.9 Å². The molecular weight excluding hydrogens is 749 g/mol. The lowest BCUT2D eigenvalue weighted by atomic mass is 9.69. The highest BCUT2D eigenvalue weighted by molar-refractivity contribution is 5.97. The molecule has 0 saturated heterocycles. The van der Waals surface area contributed by atoms with Gasteiger partial charge < -0.3 is 9.80 Å². The number of allylic oxidation sites excluding steroid dienone is 12. The fourth-order valence-corrected chi connectivity index (χ4v) is 10.7. The van der Waals surface area contributed by atoms with Crippen molar-refractivity contribution >= 4 is 17.1 Å². The van der Waals surface area contributed by atoms with Gasteiger partial charge in [-0.25, -0.2) is 0 Å². The minimum absolute atomic E-state index is 0.0413. The summed E-state index contributed by atoms with van der Waals surface area (Å²) in [6.45, 7) is 22.5. The van der Waals surface area contributed by atoms with E-state index in [2.05, 4.69) is 222 Å². The van der Waals surface area contributed by atoms with E-state index in [9.17, 15) is 0 Å². The Morgan fingerprint density at radius 3 is 2.03 bits per heavy atom. The highest BCUT2D eigenvalue weighted by Gasteiger charge is 2.53. The van der Waals surface area contributed by atoms with E-state index >= 15 is 0 Å². The zero-order valence-electron chi connectivity index (χ0n) is 37.3. The molecule has 0 N–H and O–H groups in total. The quantitative estimate of drug-likeness (QED) is 0.134. The number of benzene rings is 5. The highest BCUT2D eigenvalue weighted by atomic mass is 15.2. The molecule has 5 aliphatic carbocycles. The average Bonchev–Trinajstić information content (AvgIpc) is 4.00. The molecule has 0 bridgehead atoms. The lowest BCUT2D eigenvalue weighted by Gasteiger charge is -2.35. The Hall–Kier alpha value is -6.38. The molecule has 1 saturated carbocycles. The molecule has 3 atom stereocenters. The Labute approximate surface area is 370 Å². The van der Waals surface area contributed by atoms with Crippen LogP contribution in [0.25, 0.3) is 22.3 Å². The number of anilines is 3. The summed E-state index contributed by atoms with van der Waals surface area (Å²) in [6.07, 6.45) is 27.1. The van der Waals surface area contributed by atoms with E-state index in [1.807, 2.05) is 12.2 Å². The first-order valence-electron chi connectivity index (χ1n) is 22.5. The second kappa shape index (κ2) is 14.9. The summed E-state index contributed by atoms with van der Waals surface area (Å²) in [7, 11) is 0. The van der Waals surface area contributed by atoms with Crippen LogP contribution in [0, 0.1) is 17.3 Å². The van der Waals surface area contributed by atoms with Gasteiger partial charge in [0.05, 0.1) is 5.41 Å². The van der Waals surface area contributed by atoms with Crippen LogP contribution in [-0.4, -0.2) is 0 Å². The van der Waals surface area contributed by atoms with Gasteiger partial charge in [0.25, 0.3) is 0 Å². The summed E-state index contributed by atoms with van der Waals surface area (Å²) in [6, 6.07) is 40.0. The van der Waals surface area contributed by atoms with Crippen molar-refractivity contribution in [2.75, 3.05) is 9.80 Å². The maximum Gasteiger partial charge on any atom is 0.0727 e. The number of hydrogen-bond acceptors (Lipinski definition) is 2. The average molecular weight is 807 g/mol. The Kier molecular flexibility index (Phi) is 9.56. The van der Waals surface area contributed by atoms with Crippen LogP contribution in [0.2, 0.25) is 0 Å². The van der Waals surface area contributed by atoms with Crippen molar-refractivity contribution in [3.63, 3.8) is 0 Å². The molecule has 0 radical (unpaired) electrons. The van der Waals surface area contributed by atoms with Gasteiger partial charge >= 0.3 is 0 Å². The maximum atomic E-state index is 4.29. The van der Waals surface area contributed by atoms with E-state index in [0.29, 0.717) is 11.8 Å². The Morgan fingerprint density at radius 1 is 0.677 bits per heavy atom. The number of para-hydroxylation sites is 1. The van der Waals surface area contributed by atoms with Crippen LogP contribution in [0.3, 0.4) is 0 Å². The number of hydrogen-bond donors (Lipinski definition) is 0. The molecule has 5 aromatic rings. The predicted octanol–water partition coefficient (Wildman–Crippen LogP) is 15.6. The third-order valence-corrected chi connectivity index (χ3v) is 13.6. The van der Waals surface area contributed by atoms with Crippen LogP contribution < -0.4 is 9.80 Å². The van der Waals surface area contributed by atoms with Gasteiger partial charge in [0.2, 0.25) is 0 Å². The van der Waals surface area contributed by atoms with Gasteiger partial charge in [0, 0.05) is 46.5 Å². The summed E-state index contributed by atoms with van der Waals surface area (Å²) in [4.78, 5) is 4.92.